The fourth-order valence-corrected chi connectivity index (χ4v) is 4.14. The van der Waals surface area contributed by atoms with Crippen LogP contribution in [0.5, 0.6) is 0 Å². The van der Waals surface area contributed by atoms with Gasteiger partial charge in [-0.25, -0.2) is 8.42 Å². The number of aromatic nitrogens is 1. The van der Waals surface area contributed by atoms with Gasteiger partial charge in [0, 0.05) is 38.4 Å². The van der Waals surface area contributed by atoms with Gasteiger partial charge in [-0.1, -0.05) is 13.8 Å². The molecule has 1 N–H and O–H groups in total. The Morgan fingerprint density at radius 3 is 2.65 bits per heavy atom. The van der Waals surface area contributed by atoms with Crippen LogP contribution in [-0.2, 0) is 14.8 Å². The number of nitrogens with one attached hydrogen (secondary N) is 1. The summed E-state index contributed by atoms with van der Waals surface area (Å²) in [4.78, 5) is 15.8. The van der Waals surface area contributed by atoms with Crippen LogP contribution in [0.25, 0.3) is 0 Å². The Balaban J connectivity index is 1.83. The standard InChI is InChI=1S/C16H25N3O3S/c1-13(2)10-16(20)18-11-14-5-8-19(9-6-14)23(21,22)15-4-3-7-17-12-15/h3-4,7,12-14H,5-6,8-11H2,1-2H3,(H,18,20). The summed E-state index contributed by atoms with van der Waals surface area (Å²) in [6.07, 6.45) is 5.01. The zero-order valence-corrected chi connectivity index (χ0v) is 14.6. The van der Waals surface area contributed by atoms with Crippen LogP contribution >= 0.6 is 0 Å². The minimum absolute atomic E-state index is 0.0745. The maximum Gasteiger partial charge on any atom is 0.244 e. The summed E-state index contributed by atoms with van der Waals surface area (Å²) in [6, 6.07) is 3.20. The number of piperidine rings is 1. The molecule has 7 heteroatoms. The number of carbonyl (C=O) groups is 1. The topological polar surface area (TPSA) is 79.4 Å². The van der Waals surface area contributed by atoms with Crippen molar-refractivity contribution in [2.75, 3.05) is 19.6 Å². The minimum atomic E-state index is -3.45. The minimum Gasteiger partial charge on any atom is -0.356 e. The van der Waals surface area contributed by atoms with Crippen molar-refractivity contribution in [3.8, 4) is 0 Å². The average Bonchev–Trinajstić information content (AvgIpc) is 2.53. The first-order valence-corrected chi connectivity index (χ1v) is 9.50. The Morgan fingerprint density at radius 2 is 2.09 bits per heavy atom. The molecule has 1 amide bonds. The van der Waals surface area contributed by atoms with Gasteiger partial charge in [0.05, 0.1) is 0 Å². The van der Waals surface area contributed by atoms with Gasteiger partial charge in [-0.3, -0.25) is 9.78 Å². The number of carbonyl (C=O) groups excluding carboxylic acids is 1. The Bertz CT molecular complexity index is 609. The molecule has 6 nitrogen and oxygen atoms in total. The largest absolute Gasteiger partial charge is 0.356 e. The Kier molecular flexibility index (Phi) is 6.12. The van der Waals surface area contributed by atoms with Gasteiger partial charge in [0.2, 0.25) is 15.9 Å². The molecule has 0 spiro atoms. The van der Waals surface area contributed by atoms with Crippen molar-refractivity contribution in [2.45, 2.75) is 38.0 Å². The summed E-state index contributed by atoms with van der Waals surface area (Å²) in [5.74, 6) is 0.762. The van der Waals surface area contributed by atoms with E-state index < -0.39 is 10.0 Å². The summed E-state index contributed by atoms with van der Waals surface area (Å²) >= 11 is 0. The van der Waals surface area contributed by atoms with Crippen molar-refractivity contribution in [1.29, 1.82) is 0 Å². The Morgan fingerprint density at radius 1 is 1.39 bits per heavy atom. The van der Waals surface area contributed by atoms with Crippen LogP contribution in [0.15, 0.2) is 29.4 Å². The number of hydrogen-bond donors (Lipinski definition) is 1. The van der Waals surface area contributed by atoms with Crippen LogP contribution in [0.2, 0.25) is 0 Å². The summed E-state index contributed by atoms with van der Waals surface area (Å²) in [7, 11) is -3.45. The van der Waals surface area contributed by atoms with E-state index in [-0.39, 0.29) is 10.8 Å². The number of rotatable bonds is 6. The van der Waals surface area contributed by atoms with Gasteiger partial charge in [-0.15, -0.1) is 0 Å². The molecule has 1 aromatic heterocycles. The molecule has 1 saturated heterocycles. The van der Waals surface area contributed by atoms with Crippen molar-refractivity contribution < 1.29 is 13.2 Å². The summed E-state index contributed by atoms with van der Waals surface area (Å²) in [6.45, 7) is 5.64. The lowest BCUT2D eigenvalue weighted by atomic mass is 9.98. The molecule has 1 aromatic rings. The highest BCUT2D eigenvalue weighted by Gasteiger charge is 2.29. The fraction of sp³-hybridized carbons (Fsp3) is 0.625. The fourth-order valence-electron chi connectivity index (χ4n) is 2.70. The first-order chi connectivity index (χ1) is 10.9. The first kappa shape index (κ1) is 17.9. The van der Waals surface area contributed by atoms with E-state index in [9.17, 15) is 13.2 Å². The lowest BCUT2D eigenvalue weighted by Gasteiger charge is -2.31. The van der Waals surface area contributed by atoms with E-state index in [2.05, 4.69) is 10.3 Å². The summed E-state index contributed by atoms with van der Waals surface area (Å²) in [5, 5.41) is 2.95. The maximum atomic E-state index is 12.5. The quantitative estimate of drug-likeness (QED) is 0.854. The number of hydrogen-bond acceptors (Lipinski definition) is 4. The molecule has 0 bridgehead atoms. The van der Waals surface area contributed by atoms with E-state index in [1.165, 1.54) is 10.5 Å². The van der Waals surface area contributed by atoms with E-state index in [0.29, 0.717) is 37.9 Å². The molecular weight excluding hydrogens is 314 g/mol. The highest BCUT2D eigenvalue weighted by molar-refractivity contribution is 7.89. The smallest absolute Gasteiger partial charge is 0.244 e. The first-order valence-electron chi connectivity index (χ1n) is 8.06. The van der Waals surface area contributed by atoms with Crippen LogP contribution in [0.3, 0.4) is 0 Å². The van der Waals surface area contributed by atoms with Gasteiger partial charge in [-0.2, -0.15) is 4.31 Å². The molecular formula is C16H25N3O3S. The molecule has 1 aliphatic rings. The molecule has 128 valence electrons. The number of sulfonamides is 1. The molecule has 1 aliphatic heterocycles. The second kappa shape index (κ2) is 7.88. The molecule has 0 saturated carbocycles. The van der Waals surface area contributed by atoms with Crippen molar-refractivity contribution in [1.82, 2.24) is 14.6 Å². The van der Waals surface area contributed by atoms with Crippen LogP contribution in [0.1, 0.15) is 33.1 Å². The van der Waals surface area contributed by atoms with Crippen LogP contribution in [0.4, 0.5) is 0 Å². The zero-order chi connectivity index (χ0) is 16.9. The van der Waals surface area contributed by atoms with Crippen molar-refractivity contribution in [2.24, 2.45) is 11.8 Å². The maximum absolute atomic E-state index is 12.5. The molecule has 0 aliphatic carbocycles. The lowest BCUT2D eigenvalue weighted by Crippen LogP contribution is -2.41. The summed E-state index contributed by atoms with van der Waals surface area (Å²) < 4.78 is 26.5. The van der Waals surface area contributed by atoms with E-state index in [1.54, 1.807) is 18.3 Å². The monoisotopic (exact) mass is 339 g/mol. The van der Waals surface area contributed by atoms with Gasteiger partial charge in [0.15, 0.2) is 0 Å². The zero-order valence-electron chi connectivity index (χ0n) is 13.7. The van der Waals surface area contributed by atoms with Crippen LogP contribution < -0.4 is 5.32 Å². The molecule has 0 atom stereocenters. The van der Waals surface area contributed by atoms with Gasteiger partial charge in [0.1, 0.15) is 4.90 Å². The predicted octanol–water partition coefficient (Wildman–Crippen LogP) is 1.64. The van der Waals surface area contributed by atoms with Gasteiger partial charge in [0.25, 0.3) is 0 Å². The normalized spacial score (nSPS) is 17.3. The molecule has 1 fully saturated rings. The highest BCUT2D eigenvalue weighted by atomic mass is 32.2. The highest BCUT2D eigenvalue weighted by Crippen LogP contribution is 2.23. The van der Waals surface area contributed by atoms with Crippen LogP contribution in [-0.4, -0.2) is 43.2 Å². The molecule has 0 unspecified atom stereocenters. The summed E-state index contributed by atoms with van der Waals surface area (Å²) in [5.41, 5.74) is 0. The van der Waals surface area contributed by atoms with Gasteiger partial charge >= 0.3 is 0 Å². The third kappa shape index (κ3) is 5.00. The van der Waals surface area contributed by atoms with Gasteiger partial charge in [-0.05, 0) is 36.8 Å². The van der Waals surface area contributed by atoms with Gasteiger partial charge < -0.3 is 5.32 Å². The van der Waals surface area contributed by atoms with Crippen LogP contribution in [0, 0.1) is 11.8 Å². The van der Waals surface area contributed by atoms with E-state index in [4.69, 9.17) is 0 Å². The molecule has 23 heavy (non-hydrogen) atoms. The van der Waals surface area contributed by atoms with Crippen molar-refractivity contribution in [3.05, 3.63) is 24.5 Å². The van der Waals surface area contributed by atoms with Crippen molar-refractivity contribution >= 4 is 15.9 Å². The van der Waals surface area contributed by atoms with E-state index in [1.807, 2.05) is 13.8 Å². The van der Waals surface area contributed by atoms with Crippen molar-refractivity contribution in [3.63, 3.8) is 0 Å². The molecule has 0 aromatic carbocycles. The third-order valence-electron chi connectivity index (χ3n) is 4.03. The SMILES string of the molecule is CC(C)CC(=O)NCC1CCN(S(=O)(=O)c2cccnc2)CC1. The number of nitrogens with zero attached hydrogens (tertiary/aromatic N) is 2. The lowest BCUT2D eigenvalue weighted by molar-refractivity contribution is -0.122. The predicted molar refractivity (Wildman–Crippen MR) is 88.2 cm³/mol. The third-order valence-corrected chi connectivity index (χ3v) is 5.91. The average molecular weight is 339 g/mol. The molecule has 2 rings (SSSR count). The van der Waals surface area contributed by atoms with E-state index >= 15 is 0 Å². The Hall–Kier alpha value is -1.47. The Labute approximate surface area is 138 Å². The van der Waals surface area contributed by atoms with E-state index in [0.717, 1.165) is 12.8 Å². The number of pyridine rings is 1. The molecule has 2 heterocycles. The second-order valence-electron chi connectivity index (χ2n) is 6.44. The number of amides is 1. The molecule has 0 radical (unpaired) electrons. The second-order valence-corrected chi connectivity index (χ2v) is 8.38.